The highest BCUT2D eigenvalue weighted by atomic mass is 16.2. The second kappa shape index (κ2) is 4.15. The van der Waals surface area contributed by atoms with Crippen molar-refractivity contribution in [2.75, 3.05) is 13.1 Å². The minimum absolute atomic E-state index is 0.150. The van der Waals surface area contributed by atoms with Crippen LogP contribution in [0.25, 0.3) is 0 Å². The standard InChI is InChI=1S/C10H15NO/c1-3-9(4-2)10(12)11-7-5-6-8-11/h1,9H,4-8H2,2H3. The van der Waals surface area contributed by atoms with Gasteiger partial charge in [-0.1, -0.05) is 12.8 Å². The first-order valence-electron chi connectivity index (χ1n) is 4.54. The highest BCUT2D eigenvalue weighted by molar-refractivity contribution is 5.81. The fraction of sp³-hybridized carbons (Fsp3) is 0.700. The van der Waals surface area contributed by atoms with Crippen LogP contribution in [-0.2, 0) is 4.79 Å². The van der Waals surface area contributed by atoms with Gasteiger partial charge in [-0.15, -0.1) is 6.42 Å². The first-order chi connectivity index (χ1) is 5.79. The molecule has 0 aliphatic carbocycles. The number of carbonyl (C=O) groups excluding carboxylic acids is 1. The van der Waals surface area contributed by atoms with Crippen molar-refractivity contribution in [1.29, 1.82) is 0 Å². The van der Waals surface area contributed by atoms with Crippen LogP contribution >= 0.6 is 0 Å². The molecule has 0 radical (unpaired) electrons. The van der Waals surface area contributed by atoms with Crippen molar-refractivity contribution in [3.05, 3.63) is 0 Å². The maximum atomic E-state index is 11.6. The van der Waals surface area contributed by atoms with Crippen LogP contribution in [0.2, 0.25) is 0 Å². The molecule has 66 valence electrons. The van der Waals surface area contributed by atoms with E-state index in [0.29, 0.717) is 0 Å². The molecule has 1 amide bonds. The maximum Gasteiger partial charge on any atom is 0.237 e. The third-order valence-electron chi connectivity index (χ3n) is 2.33. The predicted molar refractivity (Wildman–Crippen MR) is 48.4 cm³/mol. The van der Waals surface area contributed by atoms with Crippen LogP contribution in [0.4, 0.5) is 0 Å². The second-order valence-electron chi connectivity index (χ2n) is 3.16. The van der Waals surface area contributed by atoms with Gasteiger partial charge in [0.15, 0.2) is 0 Å². The number of carbonyl (C=O) groups is 1. The number of hydrogen-bond acceptors (Lipinski definition) is 1. The van der Waals surface area contributed by atoms with Gasteiger partial charge in [-0.05, 0) is 19.3 Å². The molecule has 1 fully saturated rings. The van der Waals surface area contributed by atoms with E-state index in [0.717, 1.165) is 32.4 Å². The van der Waals surface area contributed by atoms with Gasteiger partial charge in [-0.25, -0.2) is 0 Å². The zero-order valence-electron chi connectivity index (χ0n) is 7.55. The van der Waals surface area contributed by atoms with Gasteiger partial charge < -0.3 is 4.90 Å². The van der Waals surface area contributed by atoms with Crippen LogP contribution < -0.4 is 0 Å². The highest BCUT2D eigenvalue weighted by Gasteiger charge is 2.23. The van der Waals surface area contributed by atoms with Crippen LogP contribution in [0, 0.1) is 18.3 Å². The van der Waals surface area contributed by atoms with Crippen molar-refractivity contribution in [3.8, 4) is 12.3 Å². The van der Waals surface area contributed by atoms with Crippen molar-refractivity contribution < 1.29 is 4.79 Å². The lowest BCUT2D eigenvalue weighted by atomic mass is 10.1. The minimum Gasteiger partial charge on any atom is -0.342 e. The summed E-state index contributed by atoms with van der Waals surface area (Å²) in [5.41, 5.74) is 0. The molecule has 1 heterocycles. The highest BCUT2D eigenvalue weighted by Crippen LogP contribution is 2.13. The fourth-order valence-electron chi connectivity index (χ4n) is 1.52. The lowest BCUT2D eigenvalue weighted by Gasteiger charge is -2.18. The van der Waals surface area contributed by atoms with Crippen LogP contribution in [0.5, 0.6) is 0 Å². The zero-order chi connectivity index (χ0) is 8.97. The molecule has 0 saturated carbocycles. The number of nitrogens with zero attached hydrogens (tertiary/aromatic N) is 1. The Labute approximate surface area is 73.9 Å². The van der Waals surface area contributed by atoms with E-state index in [9.17, 15) is 4.79 Å². The molecule has 1 saturated heterocycles. The Hall–Kier alpha value is -0.970. The van der Waals surface area contributed by atoms with Crippen molar-refractivity contribution in [2.24, 2.45) is 5.92 Å². The van der Waals surface area contributed by atoms with Crippen molar-refractivity contribution in [1.82, 2.24) is 4.90 Å². The summed E-state index contributed by atoms with van der Waals surface area (Å²) in [7, 11) is 0. The summed E-state index contributed by atoms with van der Waals surface area (Å²) in [5.74, 6) is 2.50. The van der Waals surface area contributed by atoms with Gasteiger partial charge in [0.25, 0.3) is 0 Å². The molecule has 1 unspecified atom stereocenters. The number of hydrogen-bond donors (Lipinski definition) is 0. The smallest absolute Gasteiger partial charge is 0.237 e. The van der Waals surface area contributed by atoms with Crippen molar-refractivity contribution >= 4 is 5.91 Å². The van der Waals surface area contributed by atoms with Gasteiger partial charge in [0.05, 0.1) is 5.92 Å². The Balaban J connectivity index is 2.51. The molecular formula is C10H15NO. The summed E-state index contributed by atoms with van der Waals surface area (Å²) < 4.78 is 0. The Morgan fingerprint density at radius 1 is 1.58 bits per heavy atom. The van der Waals surface area contributed by atoms with Crippen LogP contribution in [0.1, 0.15) is 26.2 Å². The van der Waals surface area contributed by atoms with E-state index in [1.54, 1.807) is 0 Å². The average molecular weight is 165 g/mol. The molecule has 1 rings (SSSR count). The monoisotopic (exact) mass is 165 g/mol. The molecular weight excluding hydrogens is 150 g/mol. The maximum absolute atomic E-state index is 11.6. The topological polar surface area (TPSA) is 20.3 Å². The van der Waals surface area contributed by atoms with E-state index in [1.165, 1.54) is 0 Å². The Kier molecular flexibility index (Phi) is 3.16. The van der Waals surface area contributed by atoms with Crippen LogP contribution in [0.3, 0.4) is 0 Å². The molecule has 1 aliphatic heterocycles. The minimum atomic E-state index is -0.192. The van der Waals surface area contributed by atoms with E-state index < -0.39 is 0 Å². The van der Waals surface area contributed by atoms with E-state index in [-0.39, 0.29) is 11.8 Å². The SMILES string of the molecule is C#CC(CC)C(=O)N1CCCC1. The van der Waals surface area contributed by atoms with Crippen LogP contribution in [0.15, 0.2) is 0 Å². The molecule has 2 nitrogen and oxygen atoms in total. The molecule has 1 atom stereocenters. The van der Waals surface area contributed by atoms with Gasteiger partial charge in [-0.3, -0.25) is 4.79 Å². The molecule has 0 spiro atoms. The second-order valence-corrected chi connectivity index (χ2v) is 3.16. The van der Waals surface area contributed by atoms with Gasteiger partial charge in [-0.2, -0.15) is 0 Å². The summed E-state index contributed by atoms with van der Waals surface area (Å²) in [6.07, 6.45) is 8.27. The first kappa shape index (κ1) is 9.12. The molecule has 2 heteroatoms. The third-order valence-corrected chi connectivity index (χ3v) is 2.33. The van der Waals surface area contributed by atoms with E-state index in [4.69, 9.17) is 6.42 Å². The zero-order valence-corrected chi connectivity index (χ0v) is 7.55. The molecule has 1 aliphatic rings. The third kappa shape index (κ3) is 1.79. The average Bonchev–Trinajstić information content (AvgIpc) is 2.58. The molecule has 0 aromatic rings. The summed E-state index contributed by atoms with van der Waals surface area (Å²) >= 11 is 0. The summed E-state index contributed by atoms with van der Waals surface area (Å²) in [6.45, 7) is 3.76. The number of likely N-dealkylation sites (tertiary alicyclic amines) is 1. The normalized spacial score (nSPS) is 18.8. The molecule has 0 aromatic carbocycles. The Bertz CT molecular complexity index is 198. The van der Waals surface area contributed by atoms with Crippen molar-refractivity contribution in [2.45, 2.75) is 26.2 Å². The molecule has 0 aromatic heterocycles. The number of amides is 1. The van der Waals surface area contributed by atoms with Gasteiger partial charge >= 0.3 is 0 Å². The number of terminal acetylenes is 1. The summed E-state index contributed by atoms with van der Waals surface area (Å²) in [4.78, 5) is 13.5. The fourth-order valence-corrected chi connectivity index (χ4v) is 1.52. The quantitative estimate of drug-likeness (QED) is 0.564. The van der Waals surface area contributed by atoms with E-state index >= 15 is 0 Å². The van der Waals surface area contributed by atoms with Gasteiger partial charge in [0.2, 0.25) is 5.91 Å². The van der Waals surface area contributed by atoms with E-state index in [2.05, 4.69) is 5.92 Å². The summed E-state index contributed by atoms with van der Waals surface area (Å²) in [5, 5.41) is 0. The molecule has 0 bridgehead atoms. The predicted octanol–water partition coefficient (Wildman–Crippen LogP) is 1.27. The van der Waals surface area contributed by atoms with Crippen LogP contribution in [-0.4, -0.2) is 23.9 Å². The van der Waals surface area contributed by atoms with Crippen molar-refractivity contribution in [3.63, 3.8) is 0 Å². The number of rotatable bonds is 2. The lowest BCUT2D eigenvalue weighted by molar-refractivity contribution is -0.132. The largest absolute Gasteiger partial charge is 0.342 e. The van der Waals surface area contributed by atoms with Gasteiger partial charge in [0, 0.05) is 13.1 Å². The Morgan fingerprint density at radius 3 is 2.58 bits per heavy atom. The molecule has 12 heavy (non-hydrogen) atoms. The first-order valence-corrected chi connectivity index (χ1v) is 4.54. The molecule has 0 N–H and O–H groups in total. The van der Waals surface area contributed by atoms with E-state index in [1.807, 2.05) is 11.8 Å². The summed E-state index contributed by atoms with van der Waals surface area (Å²) in [6, 6.07) is 0. The van der Waals surface area contributed by atoms with Gasteiger partial charge in [0.1, 0.15) is 0 Å². The Morgan fingerprint density at radius 2 is 2.17 bits per heavy atom. The lowest BCUT2D eigenvalue weighted by Crippen LogP contribution is -2.32.